The number of pyridine rings is 1. The van der Waals surface area contributed by atoms with Crippen molar-refractivity contribution in [3.63, 3.8) is 0 Å². The van der Waals surface area contributed by atoms with Crippen LogP contribution >= 0.6 is 0 Å². The van der Waals surface area contributed by atoms with Crippen LogP contribution < -0.4 is 4.74 Å². The fourth-order valence-corrected chi connectivity index (χ4v) is 2.21. The van der Waals surface area contributed by atoms with Gasteiger partial charge in [-0.2, -0.15) is 0 Å². The molecular formula is C18H16N2O2. The van der Waals surface area contributed by atoms with Crippen molar-refractivity contribution < 1.29 is 9.53 Å². The van der Waals surface area contributed by atoms with Gasteiger partial charge in [-0.1, -0.05) is 30.3 Å². The van der Waals surface area contributed by atoms with Gasteiger partial charge in [-0.3, -0.25) is 9.78 Å². The molecule has 0 saturated heterocycles. The van der Waals surface area contributed by atoms with Crippen LogP contribution in [0.1, 0.15) is 10.4 Å². The number of hydrogen-bond acceptors (Lipinski definition) is 3. The molecule has 110 valence electrons. The molecule has 0 fully saturated rings. The summed E-state index contributed by atoms with van der Waals surface area (Å²) in [6, 6.07) is 16.9. The second-order valence-corrected chi connectivity index (χ2v) is 5.16. The summed E-state index contributed by atoms with van der Waals surface area (Å²) in [5, 5.41) is 0.997. The number of amides is 1. The van der Waals surface area contributed by atoms with E-state index >= 15 is 0 Å². The van der Waals surface area contributed by atoms with E-state index in [-0.39, 0.29) is 5.91 Å². The van der Waals surface area contributed by atoms with Crippen LogP contribution in [-0.4, -0.2) is 29.9 Å². The number of hydrogen-bond donors (Lipinski definition) is 0. The Morgan fingerprint density at radius 2 is 1.77 bits per heavy atom. The maximum atomic E-state index is 12.2. The minimum Gasteiger partial charge on any atom is -0.455 e. The first kappa shape index (κ1) is 14.1. The van der Waals surface area contributed by atoms with Crippen LogP contribution in [0.4, 0.5) is 0 Å². The van der Waals surface area contributed by atoms with Gasteiger partial charge in [-0.15, -0.1) is 0 Å². The number of benzene rings is 2. The molecule has 0 aliphatic carbocycles. The van der Waals surface area contributed by atoms with Gasteiger partial charge < -0.3 is 9.64 Å². The monoisotopic (exact) mass is 292 g/mol. The smallest absolute Gasteiger partial charge is 0.257 e. The SMILES string of the molecule is CN(C)C(=O)c1ccccc1Oc1cnc2ccccc2c1. The summed E-state index contributed by atoms with van der Waals surface area (Å²) >= 11 is 0. The highest BCUT2D eigenvalue weighted by Crippen LogP contribution is 2.27. The first-order valence-corrected chi connectivity index (χ1v) is 6.98. The first-order valence-electron chi connectivity index (χ1n) is 6.98. The Morgan fingerprint density at radius 1 is 1.05 bits per heavy atom. The second-order valence-electron chi connectivity index (χ2n) is 5.16. The van der Waals surface area contributed by atoms with Gasteiger partial charge in [0.05, 0.1) is 17.3 Å². The van der Waals surface area contributed by atoms with Crippen molar-refractivity contribution in [2.24, 2.45) is 0 Å². The van der Waals surface area contributed by atoms with Crippen molar-refractivity contribution >= 4 is 16.8 Å². The average Bonchev–Trinajstić information content (AvgIpc) is 2.54. The number of ether oxygens (including phenoxy) is 1. The Labute approximate surface area is 129 Å². The van der Waals surface area contributed by atoms with Crippen molar-refractivity contribution in [2.75, 3.05) is 14.1 Å². The highest BCUT2D eigenvalue weighted by molar-refractivity contribution is 5.96. The lowest BCUT2D eigenvalue weighted by Gasteiger charge is -2.14. The number of rotatable bonds is 3. The minimum atomic E-state index is -0.0932. The molecule has 0 aliphatic rings. The standard InChI is InChI=1S/C18H16N2O2/c1-20(2)18(21)15-8-4-6-10-17(15)22-14-11-13-7-3-5-9-16(13)19-12-14/h3-12H,1-2H3. The van der Waals surface area contributed by atoms with E-state index in [9.17, 15) is 4.79 Å². The summed E-state index contributed by atoms with van der Waals surface area (Å²) < 4.78 is 5.88. The van der Waals surface area contributed by atoms with E-state index in [2.05, 4.69) is 4.98 Å². The van der Waals surface area contributed by atoms with E-state index in [1.807, 2.05) is 42.5 Å². The van der Waals surface area contributed by atoms with Gasteiger partial charge in [0, 0.05) is 19.5 Å². The first-order chi connectivity index (χ1) is 10.6. The van der Waals surface area contributed by atoms with E-state index in [4.69, 9.17) is 4.74 Å². The highest BCUT2D eigenvalue weighted by Gasteiger charge is 2.14. The molecule has 2 aromatic carbocycles. The predicted octanol–water partition coefficient (Wildman–Crippen LogP) is 3.73. The van der Waals surface area contributed by atoms with Crippen molar-refractivity contribution in [2.45, 2.75) is 0 Å². The summed E-state index contributed by atoms with van der Waals surface area (Å²) in [5.41, 5.74) is 1.44. The Kier molecular flexibility index (Phi) is 3.74. The number of carbonyl (C=O) groups excluding carboxylic acids is 1. The molecule has 0 aliphatic heterocycles. The van der Waals surface area contributed by atoms with Gasteiger partial charge >= 0.3 is 0 Å². The summed E-state index contributed by atoms with van der Waals surface area (Å²) in [7, 11) is 3.44. The zero-order valence-electron chi connectivity index (χ0n) is 12.5. The quantitative estimate of drug-likeness (QED) is 0.738. The number of fused-ring (bicyclic) bond motifs is 1. The molecular weight excluding hydrogens is 276 g/mol. The molecule has 1 heterocycles. The minimum absolute atomic E-state index is 0.0932. The molecule has 22 heavy (non-hydrogen) atoms. The number of nitrogens with zero attached hydrogens (tertiary/aromatic N) is 2. The maximum Gasteiger partial charge on any atom is 0.257 e. The molecule has 1 aromatic heterocycles. The van der Waals surface area contributed by atoms with E-state index in [1.165, 1.54) is 4.90 Å². The van der Waals surface area contributed by atoms with E-state index in [1.54, 1.807) is 32.4 Å². The summed E-state index contributed by atoms with van der Waals surface area (Å²) in [6.07, 6.45) is 1.67. The van der Waals surface area contributed by atoms with E-state index < -0.39 is 0 Å². The fraction of sp³-hybridized carbons (Fsp3) is 0.111. The van der Waals surface area contributed by atoms with Crippen LogP contribution in [0, 0.1) is 0 Å². The van der Waals surface area contributed by atoms with Crippen LogP contribution in [0.3, 0.4) is 0 Å². The van der Waals surface area contributed by atoms with Crippen molar-refractivity contribution in [3.8, 4) is 11.5 Å². The number of carbonyl (C=O) groups is 1. The third-order valence-corrected chi connectivity index (χ3v) is 3.32. The average molecular weight is 292 g/mol. The summed E-state index contributed by atoms with van der Waals surface area (Å²) in [4.78, 5) is 18.1. The Hall–Kier alpha value is -2.88. The topological polar surface area (TPSA) is 42.4 Å². The third kappa shape index (κ3) is 2.76. The molecule has 3 rings (SSSR count). The zero-order chi connectivity index (χ0) is 15.5. The van der Waals surface area contributed by atoms with Gasteiger partial charge in [0.15, 0.2) is 0 Å². The van der Waals surface area contributed by atoms with E-state index in [0.717, 1.165) is 10.9 Å². The normalized spacial score (nSPS) is 10.5. The van der Waals surface area contributed by atoms with Crippen LogP contribution in [-0.2, 0) is 0 Å². The third-order valence-electron chi connectivity index (χ3n) is 3.32. The maximum absolute atomic E-state index is 12.2. The zero-order valence-corrected chi connectivity index (χ0v) is 12.5. The van der Waals surface area contributed by atoms with Gasteiger partial charge in [-0.25, -0.2) is 0 Å². The van der Waals surface area contributed by atoms with Crippen molar-refractivity contribution in [3.05, 3.63) is 66.4 Å². The lowest BCUT2D eigenvalue weighted by Crippen LogP contribution is -2.22. The molecule has 3 aromatic rings. The molecule has 0 spiro atoms. The van der Waals surface area contributed by atoms with Crippen LogP contribution in [0.25, 0.3) is 10.9 Å². The van der Waals surface area contributed by atoms with Gasteiger partial charge in [0.25, 0.3) is 5.91 Å². The molecule has 1 amide bonds. The second kappa shape index (κ2) is 5.85. The summed E-state index contributed by atoms with van der Waals surface area (Å²) in [5.74, 6) is 1.04. The predicted molar refractivity (Wildman–Crippen MR) is 86.3 cm³/mol. The number of aromatic nitrogens is 1. The Balaban J connectivity index is 1.96. The van der Waals surface area contributed by atoms with Crippen LogP contribution in [0.5, 0.6) is 11.5 Å². The van der Waals surface area contributed by atoms with E-state index in [0.29, 0.717) is 17.1 Å². The molecule has 4 nitrogen and oxygen atoms in total. The van der Waals surface area contributed by atoms with Gasteiger partial charge in [0.2, 0.25) is 0 Å². The molecule has 0 N–H and O–H groups in total. The van der Waals surface area contributed by atoms with Crippen molar-refractivity contribution in [1.29, 1.82) is 0 Å². The molecule has 0 atom stereocenters. The molecule has 4 heteroatoms. The lowest BCUT2D eigenvalue weighted by atomic mass is 10.2. The summed E-state index contributed by atoms with van der Waals surface area (Å²) in [6.45, 7) is 0. The van der Waals surface area contributed by atoms with Crippen LogP contribution in [0.15, 0.2) is 60.8 Å². The highest BCUT2D eigenvalue weighted by atomic mass is 16.5. The Morgan fingerprint density at radius 3 is 2.59 bits per heavy atom. The van der Waals surface area contributed by atoms with Gasteiger partial charge in [-0.05, 0) is 24.3 Å². The molecule has 0 radical (unpaired) electrons. The van der Waals surface area contributed by atoms with Crippen molar-refractivity contribution in [1.82, 2.24) is 9.88 Å². The molecule has 0 saturated carbocycles. The Bertz CT molecular complexity index is 828. The largest absolute Gasteiger partial charge is 0.455 e. The molecule has 0 bridgehead atoms. The van der Waals surface area contributed by atoms with Crippen LogP contribution in [0.2, 0.25) is 0 Å². The fourth-order valence-electron chi connectivity index (χ4n) is 2.21. The van der Waals surface area contributed by atoms with Gasteiger partial charge in [0.1, 0.15) is 11.5 Å². The lowest BCUT2D eigenvalue weighted by molar-refractivity contribution is 0.0825. The number of para-hydroxylation sites is 2. The molecule has 0 unspecified atom stereocenters.